The highest BCUT2D eigenvalue weighted by atomic mass is 32.2. The van der Waals surface area contributed by atoms with Crippen LogP contribution in [0.25, 0.3) is 0 Å². The summed E-state index contributed by atoms with van der Waals surface area (Å²) in [7, 11) is -1.66. The number of ether oxygens (including phenoxy) is 1. The number of hydrogen-bond acceptors (Lipinski definition) is 4. The van der Waals surface area contributed by atoms with E-state index in [4.69, 9.17) is 4.74 Å². The molecule has 6 heteroatoms. The quantitative estimate of drug-likeness (QED) is 0.859. The van der Waals surface area contributed by atoms with E-state index in [0.29, 0.717) is 10.1 Å². The maximum absolute atomic E-state index is 12.6. The van der Waals surface area contributed by atoms with Gasteiger partial charge < -0.3 is 4.74 Å². The Morgan fingerprint density at radius 3 is 2.84 bits per heavy atom. The topological polar surface area (TPSA) is 46.6 Å². The largest absolute Gasteiger partial charge is 0.377 e. The fraction of sp³-hybridized carbons (Fsp3) is 0.692. The Labute approximate surface area is 118 Å². The molecule has 1 aliphatic carbocycles. The number of hydrogen-bond donors (Lipinski definition) is 0. The third-order valence-electron chi connectivity index (χ3n) is 4.56. The molecule has 0 aromatic carbocycles. The van der Waals surface area contributed by atoms with Gasteiger partial charge in [0.05, 0.1) is 6.10 Å². The van der Waals surface area contributed by atoms with Gasteiger partial charge in [-0.25, -0.2) is 8.42 Å². The van der Waals surface area contributed by atoms with Gasteiger partial charge in [-0.05, 0) is 17.9 Å². The van der Waals surface area contributed by atoms with Gasteiger partial charge in [-0.1, -0.05) is 19.9 Å². The fourth-order valence-corrected chi connectivity index (χ4v) is 6.45. The van der Waals surface area contributed by atoms with E-state index in [1.165, 1.54) is 11.3 Å². The first kappa shape index (κ1) is 13.5. The van der Waals surface area contributed by atoms with E-state index < -0.39 is 10.0 Å². The Bertz CT molecular complexity index is 565. The summed E-state index contributed by atoms with van der Waals surface area (Å²) >= 11 is 1.27. The summed E-state index contributed by atoms with van der Waals surface area (Å²) in [6, 6.07) is 3.48. The highest BCUT2D eigenvalue weighted by Gasteiger charge is 2.62. The third kappa shape index (κ3) is 1.81. The fourth-order valence-electron chi connectivity index (χ4n) is 3.74. The molecule has 0 N–H and O–H groups in total. The van der Waals surface area contributed by atoms with Gasteiger partial charge in [0.25, 0.3) is 10.0 Å². The van der Waals surface area contributed by atoms with Crippen LogP contribution in [0.4, 0.5) is 0 Å². The molecule has 0 bridgehead atoms. The molecule has 3 unspecified atom stereocenters. The second-order valence-electron chi connectivity index (χ2n) is 5.96. The van der Waals surface area contributed by atoms with Gasteiger partial charge in [0.2, 0.25) is 0 Å². The van der Waals surface area contributed by atoms with Crippen molar-refractivity contribution in [2.75, 3.05) is 13.7 Å². The average Bonchev–Trinajstić information content (AvgIpc) is 2.98. The van der Waals surface area contributed by atoms with Crippen LogP contribution < -0.4 is 0 Å². The van der Waals surface area contributed by atoms with E-state index in [1.54, 1.807) is 28.9 Å². The summed E-state index contributed by atoms with van der Waals surface area (Å²) in [5.74, 6) is 0.342. The first-order valence-corrected chi connectivity index (χ1v) is 8.82. The van der Waals surface area contributed by atoms with Gasteiger partial charge in [0.1, 0.15) is 4.21 Å². The predicted octanol–water partition coefficient (Wildman–Crippen LogP) is 2.18. The number of nitrogens with zero attached hydrogens (tertiary/aromatic N) is 1. The second-order valence-corrected chi connectivity index (χ2v) is 9.14. The number of sulfonamides is 1. The molecule has 106 valence electrons. The standard InChI is InChI=1S/C13H19NO3S2/c1-13(2)11(9-6-7-17-12(9)13)14(3)19(15,16)10-5-4-8-18-10/h4-5,8-9,11-12H,6-7H2,1-3H3. The molecule has 2 fully saturated rings. The molecule has 19 heavy (non-hydrogen) atoms. The zero-order valence-electron chi connectivity index (χ0n) is 11.4. The Morgan fingerprint density at radius 1 is 1.47 bits per heavy atom. The maximum atomic E-state index is 12.6. The van der Waals surface area contributed by atoms with Crippen molar-refractivity contribution in [3.8, 4) is 0 Å². The van der Waals surface area contributed by atoms with Crippen molar-refractivity contribution in [1.82, 2.24) is 4.31 Å². The van der Waals surface area contributed by atoms with Gasteiger partial charge in [0.15, 0.2) is 0 Å². The summed E-state index contributed by atoms with van der Waals surface area (Å²) in [5.41, 5.74) is -0.111. The Kier molecular flexibility index (Phi) is 3.05. The van der Waals surface area contributed by atoms with E-state index in [1.807, 2.05) is 0 Å². The zero-order valence-corrected chi connectivity index (χ0v) is 13.0. The minimum absolute atomic E-state index is 0.0344. The molecule has 0 spiro atoms. The van der Waals surface area contributed by atoms with Crippen LogP contribution >= 0.6 is 11.3 Å². The van der Waals surface area contributed by atoms with Crippen molar-refractivity contribution < 1.29 is 13.2 Å². The lowest BCUT2D eigenvalue weighted by Gasteiger charge is -2.57. The molecule has 1 aliphatic heterocycles. The lowest BCUT2D eigenvalue weighted by molar-refractivity contribution is -0.131. The van der Waals surface area contributed by atoms with Crippen LogP contribution in [0.15, 0.2) is 21.7 Å². The molecule has 0 amide bonds. The molecule has 1 saturated heterocycles. The lowest BCUT2D eigenvalue weighted by Crippen LogP contribution is -2.66. The SMILES string of the molecule is CN(C1C2CCOC2C1(C)C)S(=O)(=O)c1cccs1. The van der Waals surface area contributed by atoms with Crippen LogP contribution in [0, 0.1) is 11.3 Å². The van der Waals surface area contributed by atoms with Crippen LogP contribution in [-0.4, -0.2) is 38.5 Å². The van der Waals surface area contributed by atoms with Crippen LogP contribution in [0.2, 0.25) is 0 Å². The molecule has 1 saturated carbocycles. The average molecular weight is 301 g/mol. The molecule has 3 atom stereocenters. The van der Waals surface area contributed by atoms with Crippen molar-refractivity contribution in [2.45, 2.75) is 36.6 Å². The predicted molar refractivity (Wildman–Crippen MR) is 74.7 cm³/mol. The Hall–Kier alpha value is -0.430. The van der Waals surface area contributed by atoms with Crippen LogP contribution in [0.5, 0.6) is 0 Å². The molecule has 0 radical (unpaired) electrons. The van der Waals surface area contributed by atoms with Gasteiger partial charge >= 0.3 is 0 Å². The van der Waals surface area contributed by atoms with E-state index >= 15 is 0 Å². The molecule has 4 nitrogen and oxygen atoms in total. The van der Waals surface area contributed by atoms with Crippen molar-refractivity contribution >= 4 is 21.4 Å². The monoisotopic (exact) mass is 301 g/mol. The molecule has 3 rings (SSSR count). The maximum Gasteiger partial charge on any atom is 0.252 e. The molecule has 2 heterocycles. The van der Waals surface area contributed by atoms with Gasteiger partial charge in [-0.3, -0.25) is 0 Å². The highest BCUT2D eigenvalue weighted by molar-refractivity contribution is 7.91. The Morgan fingerprint density at radius 2 is 2.21 bits per heavy atom. The summed E-state index contributed by atoms with van der Waals surface area (Å²) in [4.78, 5) is 0. The molecular formula is C13H19NO3S2. The van der Waals surface area contributed by atoms with Crippen LogP contribution in [-0.2, 0) is 14.8 Å². The minimum Gasteiger partial charge on any atom is -0.377 e. The normalized spacial score (nSPS) is 33.2. The first-order valence-electron chi connectivity index (χ1n) is 6.50. The number of rotatable bonds is 3. The van der Waals surface area contributed by atoms with E-state index in [2.05, 4.69) is 13.8 Å². The van der Waals surface area contributed by atoms with E-state index in [-0.39, 0.29) is 17.6 Å². The second kappa shape index (κ2) is 4.28. The molecule has 2 aliphatic rings. The summed E-state index contributed by atoms with van der Waals surface area (Å²) in [6.07, 6.45) is 1.17. The first-order chi connectivity index (χ1) is 8.87. The number of thiophene rings is 1. The van der Waals surface area contributed by atoms with Crippen LogP contribution in [0.1, 0.15) is 20.3 Å². The third-order valence-corrected chi connectivity index (χ3v) is 7.77. The summed E-state index contributed by atoms with van der Waals surface area (Å²) in [6.45, 7) is 4.96. The summed E-state index contributed by atoms with van der Waals surface area (Å²) in [5, 5.41) is 1.80. The molecule has 1 aromatic rings. The molecular weight excluding hydrogens is 282 g/mol. The van der Waals surface area contributed by atoms with E-state index in [0.717, 1.165) is 13.0 Å². The van der Waals surface area contributed by atoms with Gasteiger partial charge in [-0.15, -0.1) is 11.3 Å². The highest BCUT2D eigenvalue weighted by Crippen LogP contribution is 2.55. The number of fused-ring (bicyclic) bond motifs is 1. The lowest BCUT2D eigenvalue weighted by atomic mass is 9.57. The van der Waals surface area contributed by atoms with Gasteiger partial charge in [-0.2, -0.15) is 4.31 Å². The minimum atomic E-state index is -3.37. The van der Waals surface area contributed by atoms with Crippen molar-refractivity contribution in [3.05, 3.63) is 17.5 Å². The summed E-state index contributed by atoms with van der Waals surface area (Å²) < 4.78 is 32.9. The zero-order chi connectivity index (χ0) is 13.8. The smallest absolute Gasteiger partial charge is 0.252 e. The van der Waals surface area contributed by atoms with Crippen LogP contribution in [0.3, 0.4) is 0 Å². The van der Waals surface area contributed by atoms with E-state index in [9.17, 15) is 8.42 Å². The van der Waals surface area contributed by atoms with Crippen molar-refractivity contribution in [3.63, 3.8) is 0 Å². The Balaban J connectivity index is 1.91. The van der Waals surface area contributed by atoms with Crippen molar-refractivity contribution in [1.29, 1.82) is 0 Å². The molecule has 1 aromatic heterocycles. The van der Waals surface area contributed by atoms with Crippen molar-refractivity contribution in [2.24, 2.45) is 11.3 Å². The van der Waals surface area contributed by atoms with Gasteiger partial charge in [0, 0.05) is 31.0 Å².